The van der Waals surface area contributed by atoms with Gasteiger partial charge in [-0.1, -0.05) is 40.0 Å². The van der Waals surface area contributed by atoms with Crippen LogP contribution in [-0.2, 0) is 4.79 Å². The highest BCUT2D eigenvalue weighted by Crippen LogP contribution is 2.14. The molecule has 118 valence electrons. The zero-order valence-corrected chi connectivity index (χ0v) is 13.1. The quantitative estimate of drug-likeness (QED) is 0.546. The van der Waals surface area contributed by atoms with Crippen LogP contribution in [0.5, 0.6) is 0 Å². The Labute approximate surface area is 122 Å². The van der Waals surface area contributed by atoms with Gasteiger partial charge in [-0.15, -0.1) is 0 Å². The van der Waals surface area contributed by atoms with Gasteiger partial charge >= 0.3 is 12.0 Å². The third-order valence-corrected chi connectivity index (χ3v) is 3.89. The molecule has 5 nitrogen and oxygen atoms in total. The maximum atomic E-state index is 11.6. The standard InChI is InChI=1S/C15H30N2O3/c1-4-12(5-2)11-17-15(20)16-10-9-13(6-3)7-8-14(18)19/h12-13H,4-11H2,1-3H3,(H,18,19)(H2,16,17,20). The number of carboxylic acids is 1. The van der Waals surface area contributed by atoms with E-state index in [1.807, 2.05) is 0 Å². The smallest absolute Gasteiger partial charge is 0.314 e. The fraction of sp³-hybridized carbons (Fsp3) is 0.867. The van der Waals surface area contributed by atoms with Gasteiger partial charge in [-0.3, -0.25) is 4.79 Å². The van der Waals surface area contributed by atoms with E-state index in [0.717, 1.165) is 32.2 Å². The second kappa shape index (κ2) is 11.6. The van der Waals surface area contributed by atoms with Crippen LogP contribution in [0.4, 0.5) is 4.79 Å². The van der Waals surface area contributed by atoms with Gasteiger partial charge in [0.25, 0.3) is 0 Å². The monoisotopic (exact) mass is 286 g/mol. The summed E-state index contributed by atoms with van der Waals surface area (Å²) in [6, 6.07) is -0.120. The first-order valence-electron chi connectivity index (χ1n) is 7.76. The topological polar surface area (TPSA) is 78.4 Å². The Hall–Kier alpha value is -1.26. The summed E-state index contributed by atoms with van der Waals surface area (Å²) in [6.45, 7) is 7.63. The van der Waals surface area contributed by atoms with Gasteiger partial charge in [-0.05, 0) is 24.7 Å². The van der Waals surface area contributed by atoms with E-state index < -0.39 is 5.97 Å². The van der Waals surface area contributed by atoms with Gasteiger partial charge in [0.1, 0.15) is 0 Å². The van der Waals surface area contributed by atoms with E-state index in [4.69, 9.17) is 5.11 Å². The number of carboxylic acid groups (broad SMARTS) is 1. The number of rotatable bonds is 11. The van der Waals surface area contributed by atoms with Crippen LogP contribution in [0.25, 0.3) is 0 Å². The molecule has 2 amide bonds. The van der Waals surface area contributed by atoms with Crippen molar-refractivity contribution in [2.24, 2.45) is 11.8 Å². The van der Waals surface area contributed by atoms with Crippen molar-refractivity contribution in [1.29, 1.82) is 0 Å². The Kier molecular flexibility index (Phi) is 10.8. The molecule has 0 aliphatic rings. The highest BCUT2D eigenvalue weighted by atomic mass is 16.4. The van der Waals surface area contributed by atoms with E-state index in [0.29, 0.717) is 24.8 Å². The molecular weight excluding hydrogens is 256 g/mol. The lowest BCUT2D eigenvalue weighted by molar-refractivity contribution is -0.137. The highest BCUT2D eigenvalue weighted by Gasteiger charge is 2.10. The van der Waals surface area contributed by atoms with Crippen molar-refractivity contribution in [2.45, 2.75) is 59.3 Å². The summed E-state index contributed by atoms with van der Waals surface area (Å²) in [5, 5.41) is 14.4. The molecule has 0 aromatic carbocycles. The molecule has 0 fully saturated rings. The second-order valence-corrected chi connectivity index (χ2v) is 5.31. The number of hydrogen-bond acceptors (Lipinski definition) is 2. The molecule has 0 heterocycles. The third-order valence-electron chi connectivity index (χ3n) is 3.89. The lowest BCUT2D eigenvalue weighted by Gasteiger charge is -2.16. The molecule has 0 spiro atoms. The maximum absolute atomic E-state index is 11.6. The van der Waals surface area contributed by atoms with Crippen molar-refractivity contribution in [3.8, 4) is 0 Å². The predicted molar refractivity (Wildman–Crippen MR) is 80.7 cm³/mol. The molecule has 0 saturated carbocycles. The van der Waals surface area contributed by atoms with Crippen molar-refractivity contribution >= 4 is 12.0 Å². The van der Waals surface area contributed by atoms with E-state index in [1.54, 1.807) is 0 Å². The van der Waals surface area contributed by atoms with Gasteiger partial charge in [0.05, 0.1) is 0 Å². The maximum Gasteiger partial charge on any atom is 0.314 e. The Morgan fingerprint density at radius 3 is 2.05 bits per heavy atom. The fourth-order valence-electron chi connectivity index (χ4n) is 2.15. The Morgan fingerprint density at radius 2 is 1.55 bits per heavy atom. The summed E-state index contributed by atoms with van der Waals surface area (Å²) in [6.07, 6.45) is 4.82. The normalized spacial score (nSPS) is 12.2. The van der Waals surface area contributed by atoms with Crippen molar-refractivity contribution in [3.63, 3.8) is 0 Å². The molecule has 1 atom stereocenters. The fourth-order valence-corrected chi connectivity index (χ4v) is 2.15. The summed E-state index contributed by atoms with van der Waals surface area (Å²) < 4.78 is 0. The first kappa shape index (κ1) is 18.7. The second-order valence-electron chi connectivity index (χ2n) is 5.31. The number of carbonyl (C=O) groups is 2. The minimum atomic E-state index is -0.751. The first-order chi connectivity index (χ1) is 9.53. The van der Waals surface area contributed by atoms with Crippen molar-refractivity contribution in [3.05, 3.63) is 0 Å². The number of nitrogens with one attached hydrogen (secondary N) is 2. The minimum Gasteiger partial charge on any atom is -0.481 e. The van der Waals surface area contributed by atoms with Crippen molar-refractivity contribution in [2.75, 3.05) is 13.1 Å². The average molecular weight is 286 g/mol. The lowest BCUT2D eigenvalue weighted by atomic mass is 9.97. The van der Waals surface area contributed by atoms with Gasteiger partial charge < -0.3 is 15.7 Å². The molecule has 0 aromatic rings. The number of hydrogen-bond donors (Lipinski definition) is 3. The van der Waals surface area contributed by atoms with Crippen LogP contribution in [0.15, 0.2) is 0 Å². The van der Waals surface area contributed by atoms with Crippen LogP contribution < -0.4 is 10.6 Å². The number of carbonyl (C=O) groups excluding carboxylic acids is 1. The molecule has 0 saturated heterocycles. The minimum absolute atomic E-state index is 0.120. The van der Waals surface area contributed by atoms with Crippen LogP contribution in [0.2, 0.25) is 0 Å². The van der Waals surface area contributed by atoms with Gasteiger partial charge in [0.15, 0.2) is 0 Å². The third kappa shape index (κ3) is 9.64. The van der Waals surface area contributed by atoms with Gasteiger partial charge in [0, 0.05) is 19.5 Å². The van der Waals surface area contributed by atoms with Crippen molar-refractivity contribution < 1.29 is 14.7 Å². The SMILES string of the molecule is CCC(CCNC(=O)NCC(CC)CC)CCC(=O)O. The Balaban J connectivity index is 3.74. The zero-order valence-electron chi connectivity index (χ0n) is 13.1. The average Bonchev–Trinajstić information content (AvgIpc) is 2.43. The molecular formula is C15H30N2O3. The molecule has 1 unspecified atom stereocenters. The molecule has 0 bridgehead atoms. The van der Waals surface area contributed by atoms with E-state index in [9.17, 15) is 9.59 Å². The molecule has 0 aliphatic heterocycles. The number of urea groups is 1. The zero-order chi connectivity index (χ0) is 15.4. The van der Waals surface area contributed by atoms with Gasteiger partial charge in [0.2, 0.25) is 0 Å². The summed E-state index contributed by atoms with van der Waals surface area (Å²) in [5.41, 5.74) is 0. The lowest BCUT2D eigenvalue weighted by Crippen LogP contribution is -2.38. The summed E-state index contributed by atoms with van der Waals surface area (Å²) >= 11 is 0. The van der Waals surface area contributed by atoms with E-state index in [2.05, 4.69) is 31.4 Å². The number of amides is 2. The molecule has 20 heavy (non-hydrogen) atoms. The van der Waals surface area contributed by atoms with Crippen LogP contribution in [0.1, 0.15) is 59.3 Å². The van der Waals surface area contributed by atoms with Crippen LogP contribution in [0.3, 0.4) is 0 Å². The largest absolute Gasteiger partial charge is 0.481 e. The molecule has 3 N–H and O–H groups in total. The molecule has 0 aliphatic carbocycles. The Bertz CT molecular complexity index is 278. The highest BCUT2D eigenvalue weighted by molar-refractivity contribution is 5.73. The number of aliphatic carboxylic acids is 1. The summed E-state index contributed by atoms with van der Waals surface area (Å²) in [5.74, 6) is 0.157. The van der Waals surface area contributed by atoms with Gasteiger partial charge in [-0.25, -0.2) is 4.79 Å². The predicted octanol–water partition coefficient (Wildman–Crippen LogP) is 3.00. The molecule has 0 aromatic heterocycles. The van der Waals surface area contributed by atoms with Crippen LogP contribution >= 0.6 is 0 Å². The van der Waals surface area contributed by atoms with Crippen LogP contribution in [-0.4, -0.2) is 30.2 Å². The van der Waals surface area contributed by atoms with Crippen LogP contribution in [0, 0.1) is 11.8 Å². The van der Waals surface area contributed by atoms with Gasteiger partial charge in [-0.2, -0.15) is 0 Å². The van der Waals surface area contributed by atoms with Crippen molar-refractivity contribution in [1.82, 2.24) is 10.6 Å². The van der Waals surface area contributed by atoms with E-state index in [-0.39, 0.29) is 12.5 Å². The summed E-state index contributed by atoms with van der Waals surface area (Å²) in [7, 11) is 0. The summed E-state index contributed by atoms with van der Waals surface area (Å²) in [4.78, 5) is 22.1. The first-order valence-corrected chi connectivity index (χ1v) is 7.76. The molecule has 0 radical (unpaired) electrons. The molecule has 0 rings (SSSR count). The van der Waals surface area contributed by atoms with E-state index in [1.165, 1.54) is 0 Å². The van der Waals surface area contributed by atoms with E-state index >= 15 is 0 Å². The molecule has 5 heteroatoms. The Morgan fingerprint density at radius 1 is 0.950 bits per heavy atom.